The van der Waals surface area contributed by atoms with Crippen LogP contribution in [0, 0.1) is 5.82 Å². The predicted molar refractivity (Wildman–Crippen MR) is 76.1 cm³/mol. The fraction of sp³-hybridized carbons (Fsp3) is 0.333. The number of pyridine rings is 1. The Bertz CT molecular complexity index is 673. The number of anilines is 1. The van der Waals surface area contributed by atoms with Crippen LogP contribution in [-0.4, -0.2) is 42.0 Å². The average Bonchev–Trinajstić information content (AvgIpc) is 2.44. The largest absolute Gasteiger partial charge is 0.343 e. The molecule has 1 aliphatic heterocycles. The molecule has 1 atom stereocenters. The van der Waals surface area contributed by atoms with Gasteiger partial charge in [-0.05, 0) is 31.2 Å². The number of hydrogen-bond donors (Lipinski definition) is 0. The van der Waals surface area contributed by atoms with Crippen LogP contribution in [0.1, 0.15) is 6.92 Å². The van der Waals surface area contributed by atoms with Gasteiger partial charge in [0, 0.05) is 31.6 Å². The first-order chi connectivity index (χ1) is 9.56. The molecule has 3 rings (SSSR count). The molecule has 0 saturated carbocycles. The second-order valence-corrected chi connectivity index (χ2v) is 5.14. The van der Waals surface area contributed by atoms with E-state index in [1.165, 1.54) is 12.1 Å². The van der Waals surface area contributed by atoms with Gasteiger partial charge in [-0.2, -0.15) is 0 Å². The normalized spacial score (nSPS) is 19.8. The van der Waals surface area contributed by atoms with E-state index in [0.717, 1.165) is 17.7 Å². The summed E-state index contributed by atoms with van der Waals surface area (Å²) in [4.78, 5) is 20.2. The van der Waals surface area contributed by atoms with Crippen LogP contribution >= 0.6 is 0 Å². The minimum absolute atomic E-state index is 0.0809. The molecule has 1 aromatic heterocycles. The minimum atomic E-state index is -0.301. The Kier molecular flexibility index (Phi) is 3.04. The molecular formula is C15H16FN3O. The van der Waals surface area contributed by atoms with Gasteiger partial charge in [-0.15, -0.1) is 0 Å². The van der Waals surface area contributed by atoms with Gasteiger partial charge in [0.05, 0.1) is 5.52 Å². The topological polar surface area (TPSA) is 36.4 Å². The summed E-state index contributed by atoms with van der Waals surface area (Å²) in [5.74, 6) is 0.499. The maximum Gasteiger partial charge on any atom is 0.244 e. The van der Waals surface area contributed by atoms with Crippen molar-refractivity contribution in [2.75, 3.05) is 25.0 Å². The Morgan fingerprint density at radius 1 is 1.25 bits per heavy atom. The number of carbonyl (C=O) groups is 1. The van der Waals surface area contributed by atoms with Gasteiger partial charge in [-0.25, -0.2) is 9.37 Å². The monoisotopic (exact) mass is 273 g/mol. The number of hydrogen-bond acceptors (Lipinski definition) is 3. The van der Waals surface area contributed by atoms with Crippen molar-refractivity contribution in [2.24, 2.45) is 0 Å². The van der Waals surface area contributed by atoms with Crippen molar-refractivity contribution in [3.05, 3.63) is 36.1 Å². The van der Waals surface area contributed by atoms with Crippen molar-refractivity contribution in [3.8, 4) is 0 Å². The molecule has 2 heterocycles. The quantitative estimate of drug-likeness (QED) is 0.798. The molecule has 0 radical (unpaired) electrons. The number of likely N-dealkylation sites (N-methyl/N-ethyl adjacent to an activating group) is 1. The lowest BCUT2D eigenvalue weighted by Gasteiger charge is -2.38. The van der Waals surface area contributed by atoms with E-state index in [-0.39, 0.29) is 17.8 Å². The van der Waals surface area contributed by atoms with Crippen molar-refractivity contribution in [3.63, 3.8) is 0 Å². The highest BCUT2D eigenvalue weighted by Gasteiger charge is 2.30. The smallest absolute Gasteiger partial charge is 0.244 e. The van der Waals surface area contributed by atoms with E-state index in [1.807, 2.05) is 24.0 Å². The third-order valence-corrected chi connectivity index (χ3v) is 3.81. The summed E-state index contributed by atoms with van der Waals surface area (Å²) in [5.41, 5.74) is 0.612. The first kappa shape index (κ1) is 12.8. The summed E-state index contributed by atoms with van der Waals surface area (Å²) in [6.07, 6.45) is 0. The number of carbonyl (C=O) groups excluding carboxylic acids is 1. The molecular weight excluding hydrogens is 257 g/mol. The van der Waals surface area contributed by atoms with E-state index in [4.69, 9.17) is 0 Å². The van der Waals surface area contributed by atoms with Gasteiger partial charge in [0.1, 0.15) is 17.7 Å². The molecule has 1 fully saturated rings. The molecule has 1 aliphatic rings. The number of fused-ring (bicyclic) bond motifs is 1. The lowest BCUT2D eigenvalue weighted by atomic mass is 10.1. The Hall–Kier alpha value is -2.17. The summed E-state index contributed by atoms with van der Waals surface area (Å²) in [5, 5.41) is 0.892. The summed E-state index contributed by atoms with van der Waals surface area (Å²) in [6.45, 7) is 3.28. The highest BCUT2D eigenvalue weighted by Crippen LogP contribution is 2.22. The van der Waals surface area contributed by atoms with Gasteiger partial charge in [-0.1, -0.05) is 0 Å². The van der Waals surface area contributed by atoms with Gasteiger partial charge >= 0.3 is 0 Å². The van der Waals surface area contributed by atoms with Gasteiger partial charge in [0.15, 0.2) is 0 Å². The highest BCUT2D eigenvalue weighted by atomic mass is 19.1. The van der Waals surface area contributed by atoms with Crippen LogP contribution in [-0.2, 0) is 4.79 Å². The molecule has 1 amide bonds. The predicted octanol–water partition coefficient (Wildman–Crippen LogP) is 2.04. The summed E-state index contributed by atoms with van der Waals surface area (Å²) in [6, 6.07) is 8.10. The lowest BCUT2D eigenvalue weighted by molar-refractivity contribution is -0.132. The number of benzene rings is 1. The van der Waals surface area contributed by atoms with Crippen LogP contribution in [0.2, 0.25) is 0 Å². The maximum absolute atomic E-state index is 13.3. The summed E-state index contributed by atoms with van der Waals surface area (Å²) < 4.78 is 13.3. The van der Waals surface area contributed by atoms with E-state index in [2.05, 4.69) is 4.98 Å². The van der Waals surface area contributed by atoms with Crippen LogP contribution in [0.5, 0.6) is 0 Å². The first-order valence-electron chi connectivity index (χ1n) is 6.64. The van der Waals surface area contributed by atoms with Crippen molar-refractivity contribution in [1.82, 2.24) is 9.88 Å². The van der Waals surface area contributed by atoms with Crippen LogP contribution in [0.3, 0.4) is 0 Å². The molecule has 0 unspecified atom stereocenters. The zero-order chi connectivity index (χ0) is 14.3. The zero-order valence-corrected chi connectivity index (χ0v) is 11.5. The first-order valence-corrected chi connectivity index (χ1v) is 6.64. The second-order valence-electron chi connectivity index (χ2n) is 5.14. The minimum Gasteiger partial charge on any atom is -0.343 e. The van der Waals surface area contributed by atoms with Crippen LogP contribution in [0.4, 0.5) is 10.2 Å². The summed E-state index contributed by atoms with van der Waals surface area (Å²) >= 11 is 0. The number of aromatic nitrogens is 1. The van der Waals surface area contributed by atoms with E-state index in [0.29, 0.717) is 12.1 Å². The standard InChI is InChI=1S/C15H16FN3O/c1-10-15(20)18(2)7-8-19(10)14-6-4-11-3-5-12(16)9-13(11)17-14/h3-6,9-10H,7-8H2,1-2H3/t10-/m1/s1. The van der Waals surface area contributed by atoms with Crippen LogP contribution in [0.15, 0.2) is 30.3 Å². The molecule has 104 valence electrons. The van der Waals surface area contributed by atoms with Gasteiger partial charge in [0.2, 0.25) is 5.91 Å². The molecule has 1 aromatic carbocycles. The SMILES string of the molecule is C[C@@H]1C(=O)N(C)CCN1c1ccc2ccc(F)cc2n1. The number of piperazine rings is 1. The lowest BCUT2D eigenvalue weighted by Crippen LogP contribution is -2.54. The Labute approximate surface area is 116 Å². The molecule has 5 heteroatoms. The number of amides is 1. The van der Waals surface area contributed by atoms with Crippen molar-refractivity contribution in [2.45, 2.75) is 13.0 Å². The van der Waals surface area contributed by atoms with Crippen molar-refractivity contribution in [1.29, 1.82) is 0 Å². The zero-order valence-electron chi connectivity index (χ0n) is 11.5. The van der Waals surface area contributed by atoms with Gasteiger partial charge in [0.25, 0.3) is 0 Å². The molecule has 0 bridgehead atoms. The average molecular weight is 273 g/mol. The van der Waals surface area contributed by atoms with Gasteiger partial charge in [-0.3, -0.25) is 4.79 Å². The maximum atomic E-state index is 13.3. The van der Waals surface area contributed by atoms with E-state index in [9.17, 15) is 9.18 Å². The van der Waals surface area contributed by atoms with E-state index in [1.54, 1.807) is 18.0 Å². The van der Waals surface area contributed by atoms with Gasteiger partial charge < -0.3 is 9.80 Å². The molecule has 0 N–H and O–H groups in total. The Balaban J connectivity index is 1.99. The fourth-order valence-electron chi connectivity index (χ4n) is 2.57. The van der Waals surface area contributed by atoms with E-state index >= 15 is 0 Å². The van der Waals surface area contributed by atoms with E-state index < -0.39 is 0 Å². The van der Waals surface area contributed by atoms with Crippen molar-refractivity contribution < 1.29 is 9.18 Å². The Morgan fingerprint density at radius 2 is 2.00 bits per heavy atom. The fourth-order valence-corrected chi connectivity index (χ4v) is 2.57. The molecule has 4 nitrogen and oxygen atoms in total. The second kappa shape index (κ2) is 4.74. The molecule has 0 aliphatic carbocycles. The Morgan fingerprint density at radius 3 is 2.80 bits per heavy atom. The van der Waals surface area contributed by atoms with Crippen LogP contribution < -0.4 is 4.90 Å². The number of nitrogens with zero attached hydrogens (tertiary/aromatic N) is 3. The third kappa shape index (κ3) is 2.09. The van der Waals surface area contributed by atoms with Crippen molar-refractivity contribution >= 4 is 22.6 Å². The summed E-state index contributed by atoms with van der Waals surface area (Å²) in [7, 11) is 1.80. The third-order valence-electron chi connectivity index (χ3n) is 3.81. The number of halogens is 1. The van der Waals surface area contributed by atoms with Crippen LogP contribution in [0.25, 0.3) is 10.9 Å². The number of rotatable bonds is 1. The highest BCUT2D eigenvalue weighted by molar-refractivity contribution is 5.87. The molecule has 0 spiro atoms. The molecule has 1 saturated heterocycles. The molecule has 20 heavy (non-hydrogen) atoms. The molecule has 2 aromatic rings.